The molecule has 0 radical (unpaired) electrons. The number of anilines is 1. The number of carbonyl (C=O) groups is 4. The van der Waals surface area contributed by atoms with Crippen LogP contribution in [-0.4, -0.2) is 34.4 Å². The summed E-state index contributed by atoms with van der Waals surface area (Å²) in [6.45, 7) is 1.41. The van der Waals surface area contributed by atoms with E-state index in [2.05, 4.69) is 5.32 Å². The lowest BCUT2D eigenvalue weighted by Gasteiger charge is -2.17. The average molecular weight is 272 g/mol. The highest BCUT2D eigenvalue weighted by molar-refractivity contribution is 6.17. The van der Waals surface area contributed by atoms with Crippen molar-refractivity contribution in [3.05, 3.63) is 29.3 Å². The molecule has 1 saturated heterocycles. The van der Waals surface area contributed by atoms with Gasteiger partial charge in [0.25, 0.3) is 5.91 Å². The molecule has 1 atom stereocenters. The lowest BCUT2D eigenvalue weighted by Crippen LogP contribution is -2.42. The second-order valence-corrected chi connectivity index (χ2v) is 4.93. The maximum absolute atomic E-state index is 12.4. The van der Waals surface area contributed by atoms with E-state index in [0.29, 0.717) is 12.0 Å². The number of Topliss-reactive ketones (excluding diaryl/α,β-unsaturated/α-hetero) is 1. The average Bonchev–Trinajstić information content (AvgIpc) is 2.75. The zero-order valence-electron chi connectivity index (χ0n) is 10.8. The van der Waals surface area contributed by atoms with Gasteiger partial charge < -0.3 is 5.32 Å². The monoisotopic (exact) mass is 272 g/mol. The van der Waals surface area contributed by atoms with E-state index in [4.69, 9.17) is 0 Å². The Bertz CT molecular complexity index is 665. The lowest BCUT2D eigenvalue weighted by atomic mass is 10.1. The van der Waals surface area contributed by atoms with Crippen LogP contribution in [0.25, 0.3) is 0 Å². The van der Waals surface area contributed by atoms with Crippen LogP contribution in [0.15, 0.2) is 18.2 Å². The Kier molecular flexibility index (Phi) is 2.67. The van der Waals surface area contributed by atoms with Gasteiger partial charge in [0.15, 0.2) is 5.78 Å². The molecule has 2 aliphatic heterocycles. The Morgan fingerprint density at radius 3 is 2.75 bits per heavy atom. The summed E-state index contributed by atoms with van der Waals surface area (Å²) in [6.07, 6.45) is 0.536. The SMILES string of the molecule is CC(=O)c1ccc2c(c1)NC(=O)C1CCC(=O)N1C2=O. The number of hydrogen-bond donors (Lipinski definition) is 1. The van der Waals surface area contributed by atoms with E-state index < -0.39 is 11.9 Å². The summed E-state index contributed by atoms with van der Waals surface area (Å²) in [5.74, 6) is -1.36. The topological polar surface area (TPSA) is 83.6 Å². The van der Waals surface area contributed by atoms with Gasteiger partial charge in [-0.05, 0) is 25.5 Å². The second kappa shape index (κ2) is 4.26. The third-order valence-corrected chi connectivity index (χ3v) is 3.65. The quantitative estimate of drug-likeness (QED) is 0.610. The van der Waals surface area contributed by atoms with Gasteiger partial charge in [-0.25, -0.2) is 0 Å². The third-order valence-electron chi connectivity index (χ3n) is 3.65. The first-order valence-electron chi connectivity index (χ1n) is 6.31. The number of carbonyl (C=O) groups excluding carboxylic acids is 4. The fourth-order valence-electron chi connectivity index (χ4n) is 2.59. The van der Waals surface area contributed by atoms with Crippen molar-refractivity contribution >= 4 is 29.2 Å². The first kappa shape index (κ1) is 12.5. The number of fused-ring (bicyclic) bond motifs is 2. The molecule has 20 heavy (non-hydrogen) atoms. The normalized spacial score (nSPS) is 21.1. The zero-order valence-corrected chi connectivity index (χ0v) is 10.8. The third kappa shape index (κ3) is 1.72. The summed E-state index contributed by atoms with van der Waals surface area (Å²) in [4.78, 5) is 48.6. The van der Waals surface area contributed by atoms with Gasteiger partial charge >= 0.3 is 0 Å². The molecule has 3 rings (SSSR count). The van der Waals surface area contributed by atoms with E-state index in [1.807, 2.05) is 0 Å². The molecule has 2 heterocycles. The highest BCUT2D eigenvalue weighted by Crippen LogP contribution is 2.30. The molecule has 1 aromatic carbocycles. The number of benzene rings is 1. The standard InChI is InChI=1S/C14H12N2O4/c1-7(17)8-2-3-9-10(6-8)15-13(19)11-4-5-12(18)16(11)14(9)20/h2-3,6,11H,4-5H2,1H3,(H,15,19). The summed E-state index contributed by atoms with van der Waals surface area (Å²) < 4.78 is 0. The first-order valence-corrected chi connectivity index (χ1v) is 6.31. The fourth-order valence-corrected chi connectivity index (χ4v) is 2.59. The van der Waals surface area contributed by atoms with E-state index in [0.717, 1.165) is 4.90 Å². The number of nitrogens with zero attached hydrogens (tertiary/aromatic N) is 1. The molecule has 6 nitrogen and oxygen atoms in total. The van der Waals surface area contributed by atoms with E-state index in [-0.39, 0.29) is 35.3 Å². The van der Waals surface area contributed by atoms with Crippen molar-refractivity contribution in [2.24, 2.45) is 0 Å². The van der Waals surface area contributed by atoms with Crippen LogP contribution in [0.5, 0.6) is 0 Å². The largest absolute Gasteiger partial charge is 0.324 e. The first-order chi connectivity index (χ1) is 9.49. The van der Waals surface area contributed by atoms with Gasteiger partial charge in [0.1, 0.15) is 6.04 Å². The van der Waals surface area contributed by atoms with Crippen molar-refractivity contribution in [3.8, 4) is 0 Å². The minimum absolute atomic E-state index is 0.157. The minimum atomic E-state index is -0.747. The molecule has 0 aromatic heterocycles. The Balaban J connectivity index is 2.13. The molecule has 6 heteroatoms. The molecule has 1 aromatic rings. The van der Waals surface area contributed by atoms with E-state index in [1.54, 1.807) is 0 Å². The number of ketones is 1. The maximum Gasteiger partial charge on any atom is 0.263 e. The van der Waals surface area contributed by atoms with Gasteiger partial charge in [-0.2, -0.15) is 0 Å². The molecule has 102 valence electrons. The van der Waals surface area contributed by atoms with Crippen molar-refractivity contribution in [2.45, 2.75) is 25.8 Å². The molecular weight excluding hydrogens is 260 g/mol. The Morgan fingerprint density at radius 1 is 1.30 bits per heavy atom. The van der Waals surface area contributed by atoms with E-state index >= 15 is 0 Å². The Hall–Kier alpha value is -2.50. The molecule has 3 amide bonds. The molecule has 1 fully saturated rings. The van der Waals surface area contributed by atoms with Gasteiger partial charge in [0.2, 0.25) is 11.8 Å². The van der Waals surface area contributed by atoms with Crippen LogP contribution in [0.4, 0.5) is 5.69 Å². The van der Waals surface area contributed by atoms with Gasteiger partial charge in [-0.15, -0.1) is 0 Å². The molecule has 0 saturated carbocycles. The Labute approximate surface area is 114 Å². The number of rotatable bonds is 1. The van der Waals surface area contributed by atoms with Crippen molar-refractivity contribution in [1.29, 1.82) is 0 Å². The summed E-state index contributed by atoms with van der Waals surface area (Å²) >= 11 is 0. The number of imide groups is 1. The van der Waals surface area contributed by atoms with Crippen molar-refractivity contribution in [2.75, 3.05) is 5.32 Å². The molecule has 1 unspecified atom stereocenters. The van der Waals surface area contributed by atoms with Gasteiger partial charge in [0, 0.05) is 12.0 Å². The number of hydrogen-bond acceptors (Lipinski definition) is 4. The van der Waals surface area contributed by atoms with Crippen LogP contribution in [0.3, 0.4) is 0 Å². The number of amides is 3. The van der Waals surface area contributed by atoms with Gasteiger partial charge in [-0.1, -0.05) is 6.07 Å². The van der Waals surface area contributed by atoms with E-state index in [1.165, 1.54) is 25.1 Å². The summed E-state index contributed by atoms with van der Waals surface area (Å²) in [6, 6.07) is 3.72. The predicted octanol–water partition coefficient (Wildman–Crippen LogP) is 0.972. The minimum Gasteiger partial charge on any atom is -0.324 e. The Morgan fingerprint density at radius 2 is 2.05 bits per heavy atom. The van der Waals surface area contributed by atoms with Crippen molar-refractivity contribution in [3.63, 3.8) is 0 Å². The van der Waals surface area contributed by atoms with Crippen molar-refractivity contribution in [1.82, 2.24) is 4.90 Å². The van der Waals surface area contributed by atoms with Crippen LogP contribution < -0.4 is 5.32 Å². The van der Waals surface area contributed by atoms with Crippen LogP contribution in [-0.2, 0) is 9.59 Å². The molecular formula is C14H12N2O4. The van der Waals surface area contributed by atoms with Crippen molar-refractivity contribution < 1.29 is 19.2 Å². The van der Waals surface area contributed by atoms with Crippen LogP contribution in [0, 0.1) is 0 Å². The van der Waals surface area contributed by atoms with E-state index in [9.17, 15) is 19.2 Å². The summed E-state index contributed by atoms with van der Waals surface area (Å²) in [5, 5.41) is 2.63. The molecule has 0 spiro atoms. The smallest absolute Gasteiger partial charge is 0.263 e. The number of nitrogens with one attached hydrogen (secondary N) is 1. The molecule has 1 N–H and O–H groups in total. The van der Waals surface area contributed by atoms with Gasteiger partial charge in [-0.3, -0.25) is 24.1 Å². The fraction of sp³-hybridized carbons (Fsp3) is 0.286. The lowest BCUT2D eigenvalue weighted by molar-refractivity contribution is -0.130. The second-order valence-electron chi connectivity index (χ2n) is 4.93. The van der Waals surface area contributed by atoms with Crippen LogP contribution in [0.2, 0.25) is 0 Å². The maximum atomic E-state index is 12.4. The molecule has 0 aliphatic carbocycles. The van der Waals surface area contributed by atoms with Crippen LogP contribution >= 0.6 is 0 Å². The summed E-state index contributed by atoms with van der Waals surface area (Å²) in [7, 11) is 0. The van der Waals surface area contributed by atoms with Gasteiger partial charge in [0.05, 0.1) is 11.3 Å². The highest BCUT2D eigenvalue weighted by Gasteiger charge is 2.43. The summed E-state index contributed by atoms with van der Waals surface area (Å²) in [5.41, 5.74) is 0.932. The zero-order chi connectivity index (χ0) is 14.4. The highest BCUT2D eigenvalue weighted by atomic mass is 16.2. The van der Waals surface area contributed by atoms with Crippen LogP contribution in [0.1, 0.15) is 40.5 Å². The molecule has 2 aliphatic rings. The molecule has 0 bridgehead atoms. The predicted molar refractivity (Wildman–Crippen MR) is 69.3 cm³/mol.